The molecule has 23 heavy (non-hydrogen) atoms. The van der Waals surface area contributed by atoms with Crippen LogP contribution in [0, 0.1) is 40.7 Å². The van der Waals surface area contributed by atoms with Gasteiger partial charge in [-0.05, 0) is 17.7 Å². The molecule has 0 aliphatic rings. The first-order valence-corrected chi connectivity index (χ1v) is 6.23. The van der Waals surface area contributed by atoms with Crippen molar-refractivity contribution in [1.29, 1.82) is 0 Å². The first-order chi connectivity index (χ1) is 10.8. The van der Waals surface area contributed by atoms with Crippen LogP contribution in [0.5, 0.6) is 0 Å². The van der Waals surface area contributed by atoms with E-state index in [1.165, 1.54) is 0 Å². The summed E-state index contributed by atoms with van der Waals surface area (Å²) < 4.78 is 94.7. The van der Waals surface area contributed by atoms with E-state index in [0.717, 1.165) is 24.3 Å². The number of benzene rings is 3. The molecule has 0 amide bonds. The molecule has 0 heterocycles. The molecule has 7 heteroatoms. The third kappa shape index (κ3) is 2.15. The average Bonchev–Trinajstić information content (AvgIpc) is 2.55. The molecular formula is C16H5F7. The summed E-state index contributed by atoms with van der Waals surface area (Å²) in [6.07, 6.45) is 0. The first kappa shape index (κ1) is 15.3. The number of fused-ring (bicyclic) bond motifs is 1. The second-order valence-electron chi connectivity index (χ2n) is 4.71. The van der Waals surface area contributed by atoms with Gasteiger partial charge in [0.05, 0.1) is 0 Å². The Kier molecular flexibility index (Phi) is 3.50. The molecule has 0 nitrogen and oxygen atoms in total. The molecule has 0 aliphatic heterocycles. The third-order valence-electron chi connectivity index (χ3n) is 3.42. The van der Waals surface area contributed by atoms with Crippen LogP contribution in [0.2, 0.25) is 0 Å². The van der Waals surface area contributed by atoms with Gasteiger partial charge in [0.2, 0.25) is 0 Å². The molecular weight excluding hydrogens is 325 g/mol. The maximum absolute atomic E-state index is 14.0. The third-order valence-corrected chi connectivity index (χ3v) is 3.42. The fourth-order valence-corrected chi connectivity index (χ4v) is 2.35. The lowest BCUT2D eigenvalue weighted by atomic mass is 9.96. The van der Waals surface area contributed by atoms with Gasteiger partial charge in [0.15, 0.2) is 40.7 Å². The molecule has 0 radical (unpaired) electrons. The van der Waals surface area contributed by atoms with Crippen LogP contribution < -0.4 is 0 Å². The van der Waals surface area contributed by atoms with Crippen LogP contribution in [0.15, 0.2) is 30.3 Å². The van der Waals surface area contributed by atoms with Gasteiger partial charge in [0.1, 0.15) is 0 Å². The largest absolute Gasteiger partial charge is 0.204 e. The summed E-state index contributed by atoms with van der Waals surface area (Å²) in [5.41, 5.74) is -1.05. The second kappa shape index (κ2) is 5.26. The molecule has 0 aliphatic carbocycles. The van der Waals surface area contributed by atoms with Crippen molar-refractivity contribution in [2.75, 3.05) is 0 Å². The molecule has 3 aromatic rings. The molecule has 0 saturated carbocycles. The van der Waals surface area contributed by atoms with Gasteiger partial charge in [0, 0.05) is 16.3 Å². The molecule has 0 N–H and O–H groups in total. The van der Waals surface area contributed by atoms with E-state index in [1.807, 2.05) is 0 Å². The SMILES string of the molecule is Fc1ccc(-c2cccc3c(F)c(F)c(F)c(F)c23)c(F)c1F. The highest BCUT2D eigenvalue weighted by Gasteiger charge is 2.24. The summed E-state index contributed by atoms with van der Waals surface area (Å²) in [5.74, 6) is -12.5. The van der Waals surface area contributed by atoms with Crippen LogP contribution in [0.3, 0.4) is 0 Å². The van der Waals surface area contributed by atoms with Crippen molar-refractivity contribution in [3.8, 4) is 11.1 Å². The predicted molar refractivity (Wildman–Crippen MR) is 69.1 cm³/mol. The molecule has 0 bridgehead atoms. The van der Waals surface area contributed by atoms with Gasteiger partial charge in [-0.2, -0.15) is 0 Å². The minimum atomic E-state index is -2.08. The standard InChI is InChI=1S/C16H5F7/c17-9-5-4-7(11(18)13(9)20)6-2-1-3-8-10(6)14(21)16(23)15(22)12(8)19/h1-5H. The minimum absolute atomic E-state index is 0.436. The van der Waals surface area contributed by atoms with Crippen molar-refractivity contribution in [2.45, 2.75) is 0 Å². The Morgan fingerprint density at radius 1 is 0.478 bits per heavy atom. The highest BCUT2D eigenvalue weighted by molar-refractivity contribution is 5.97. The predicted octanol–water partition coefficient (Wildman–Crippen LogP) is 5.48. The monoisotopic (exact) mass is 330 g/mol. The van der Waals surface area contributed by atoms with E-state index in [4.69, 9.17) is 0 Å². The van der Waals surface area contributed by atoms with Crippen LogP contribution in [0.25, 0.3) is 21.9 Å². The summed E-state index contributed by atoms with van der Waals surface area (Å²) in [6, 6.07) is 4.51. The van der Waals surface area contributed by atoms with E-state index in [2.05, 4.69) is 0 Å². The summed E-state index contributed by atoms with van der Waals surface area (Å²) in [4.78, 5) is 0. The van der Waals surface area contributed by atoms with Crippen LogP contribution in [-0.2, 0) is 0 Å². The normalized spacial score (nSPS) is 11.3. The Labute approximate surface area is 124 Å². The Morgan fingerprint density at radius 2 is 1.13 bits per heavy atom. The molecule has 3 aromatic carbocycles. The van der Waals surface area contributed by atoms with Crippen LogP contribution in [0.1, 0.15) is 0 Å². The van der Waals surface area contributed by atoms with Gasteiger partial charge in [-0.25, -0.2) is 30.7 Å². The number of hydrogen-bond donors (Lipinski definition) is 0. The van der Waals surface area contributed by atoms with Crippen molar-refractivity contribution < 1.29 is 30.7 Å². The van der Waals surface area contributed by atoms with Gasteiger partial charge >= 0.3 is 0 Å². The van der Waals surface area contributed by atoms with E-state index in [1.54, 1.807) is 0 Å². The van der Waals surface area contributed by atoms with Gasteiger partial charge in [-0.1, -0.05) is 18.2 Å². The lowest BCUT2D eigenvalue weighted by Gasteiger charge is -2.11. The van der Waals surface area contributed by atoms with E-state index in [9.17, 15) is 30.7 Å². The van der Waals surface area contributed by atoms with Crippen LogP contribution in [0.4, 0.5) is 30.7 Å². The maximum Gasteiger partial charge on any atom is 0.198 e. The summed E-state index contributed by atoms with van der Waals surface area (Å²) in [6.45, 7) is 0. The van der Waals surface area contributed by atoms with Crippen molar-refractivity contribution in [1.82, 2.24) is 0 Å². The Hall–Kier alpha value is -2.57. The van der Waals surface area contributed by atoms with E-state index in [0.29, 0.717) is 6.07 Å². The van der Waals surface area contributed by atoms with E-state index >= 15 is 0 Å². The average molecular weight is 330 g/mol. The second-order valence-corrected chi connectivity index (χ2v) is 4.71. The van der Waals surface area contributed by atoms with Crippen molar-refractivity contribution in [3.63, 3.8) is 0 Å². The molecule has 0 spiro atoms. The zero-order valence-electron chi connectivity index (χ0n) is 11.0. The summed E-state index contributed by atoms with van der Waals surface area (Å²) >= 11 is 0. The molecule has 118 valence electrons. The highest BCUT2D eigenvalue weighted by atomic mass is 19.2. The van der Waals surface area contributed by atoms with E-state index < -0.39 is 62.6 Å². The smallest absolute Gasteiger partial charge is 0.198 e. The van der Waals surface area contributed by atoms with Gasteiger partial charge in [-0.15, -0.1) is 0 Å². The topological polar surface area (TPSA) is 0 Å². The first-order valence-electron chi connectivity index (χ1n) is 6.23. The minimum Gasteiger partial charge on any atom is -0.204 e. The number of halogens is 7. The Balaban J connectivity index is 2.47. The molecule has 0 atom stereocenters. The van der Waals surface area contributed by atoms with E-state index in [-0.39, 0.29) is 0 Å². The fourth-order valence-electron chi connectivity index (χ4n) is 2.35. The Morgan fingerprint density at radius 3 is 1.83 bits per heavy atom. The van der Waals surface area contributed by atoms with Crippen LogP contribution >= 0.6 is 0 Å². The summed E-state index contributed by atoms with van der Waals surface area (Å²) in [7, 11) is 0. The molecule has 0 fully saturated rings. The summed E-state index contributed by atoms with van der Waals surface area (Å²) in [5, 5.41) is -1.42. The fraction of sp³-hybridized carbons (Fsp3) is 0. The van der Waals surface area contributed by atoms with Crippen LogP contribution in [-0.4, -0.2) is 0 Å². The maximum atomic E-state index is 14.0. The lowest BCUT2D eigenvalue weighted by molar-refractivity contribution is 0.418. The van der Waals surface area contributed by atoms with Gasteiger partial charge in [-0.3, -0.25) is 0 Å². The Bertz CT molecular complexity index is 947. The molecule has 3 rings (SSSR count). The molecule has 0 aromatic heterocycles. The highest BCUT2D eigenvalue weighted by Crippen LogP contribution is 2.36. The number of hydrogen-bond acceptors (Lipinski definition) is 0. The quantitative estimate of drug-likeness (QED) is 0.315. The van der Waals surface area contributed by atoms with Gasteiger partial charge < -0.3 is 0 Å². The van der Waals surface area contributed by atoms with Crippen molar-refractivity contribution in [3.05, 3.63) is 71.1 Å². The van der Waals surface area contributed by atoms with Crippen molar-refractivity contribution >= 4 is 10.8 Å². The molecule has 0 unspecified atom stereocenters. The zero-order valence-corrected chi connectivity index (χ0v) is 11.0. The number of rotatable bonds is 1. The zero-order chi connectivity index (χ0) is 16.9. The molecule has 0 saturated heterocycles. The van der Waals surface area contributed by atoms with Crippen molar-refractivity contribution in [2.24, 2.45) is 0 Å². The lowest BCUT2D eigenvalue weighted by Crippen LogP contribution is -2.01. The van der Waals surface area contributed by atoms with Gasteiger partial charge in [0.25, 0.3) is 0 Å².